The third-order valence-corrected chi connectivity index (χ3v) is 7.52. The van der Waals surface area contributed by atoms with Crippen LogP contribution in [-0.4, -0.2) is 55.9 Å². The number of hydrogen-bond donors (Lipinski definition) is 2. The zero-order chi connectivity index (χ0) is 18.8. The molecule has 3 heterocycles. The third kappa shape index (κ3) is 4.13. The zero-order valence-electron chi connectivity index (χ0n) is 15.8. The molecule has 2 aliphatic heterocycles. The van der Waals surface area contributed by atoms with Gasteiger partial charge in [0.25, 0.3) is 5.91 Å². The second kappa shape index (κ2) is 7.70. The number of aryl methyl sites for hydroxylation is 1. The first-order valence-electron chi connectivity index (χ1n) is 9.47. The molecule has 1 aromatic heterocycles. The number of nitrogens with zero attached hydrogens (tertiary/aromatic N) is 2. The lowest BCUT2D eigenvalue weighted by Crippen LogP contribution is -2.43. The smallest absolute Gasteiger partial charge is 0.267 e. The van der Waals surface area contributed by atoms with Gasteiger partial charge in [-0.2, -0.15) is 4.31 Å². The molecule has 26 heavy (non-hydrogen) atoms. The van der Waals surface area contributed by atoms with Crippen LogP contribution in [0, 0.1) is 5.41 Å². The number of piperidine rings is 2. The number of rotatable bonds is 5. The minimum absolute atomic E-state index is 0.0920. The molecule has 0 bridgehead atoms. The van der Waals surface area contributed by atoms with E-state index < -0.39 is 10.0 Å². The Balaban J connectivity index is 1.70. The number of carbonyl (C=O) groups is 1. The number of hydrogen-bond acceptors (Lipinski definition) is 4. The summed E-state index contributed by atoms with van der Waals surface area (Å²) in [5.41, 5.74) is 0.479. The topological polar surface area (TPSA) is 83.4 Å². The van der Waals surface area contributed by atoms with Crippen molar-refractivity contribution in [3.63, 3.8) is 0 Å². The van der Waals surface area contributed by atoms with Gasteiger partial charge in [0, 0.05) is 32.9 Å². The third-order valence-electron chi connectivity index (χ3n) is 5.65. The monoisotopic (exact) mass is 382 g/mol. The van der Waals surface area contributed by atoms with Gasteiger partial charge in [0.15, 0.2) is 0 Å². The van der Waals surface area contributed by atoms with E-state index in [-0.39, 0.29) is 16.2 Å². The van der Waals surface area contributed by atoms with Gasteiger partial charge in [0.1, 0.15) is 10.6 Å². The molecule has 7 nitrogen and oxygen atoms in total. The van der Waals surface area contributed by atoms with Gasteiger partial charge in [-0.25, -0.2) is 8.42 Å². The standard InChI is InChI=1S/C18H30N4O3S/c1-18(6-8-19-9-7-18)14-20-17(23)16-12-15(13-21(16)2)26(24,25)22-10-4-3-5-11-22/h12-13,19H,3-11,14H2,1-2H3,(H,20,23). The largest absolute Gasteiger partial charge is 0.350 e. The molecule has 2 aliphatic rings. The van der Waals surface area contributed by atoms with Crippen molar-refractivity contribution in [1.82, 2.24) is 19.5 Å². The van der Waals surface area contributed by atoms with Crippen LogP contribution in [0.15, 0.2) is 17.2 Å². The molecule has 2 N–H and O–H groups in total. The van der Waals surface area contributed by atoms with Crippen LogP contribution < -0.4 is 10.6 Å². The van der Waals surface area contributed by atoms with E-state index in [9.17, 15) is 13.2 Å². The van der Waals surface area contributed by atoms with Gasteiger partial charge < -0.3 is 15.2 Å². The average Bonchev–Trinajstić information content (AvgIpc) is 3.04. The molecule has 0 radical (unpaired) electrons. The molecule has 2 fully saturated rings. The van der Waals surface area contributed by atoms with Crippen molar-refractivity contribution in [2.45, 2.75) is 43.9 Å². The summed E-state index contributed by atoms with van der Waals surface area (Å²) in [7, 11) is -1.80. The van der Waals surface area contributed by atoms with Gasteiger partial charge in [-0.05, 0) is 50.3 Å². The molecule has 8 heteroatoms. The van der Waals surface area contributed by atoms with Gasteiger partial charge in [-0.1, -0.05) is 13.3 Å². The maximum absolute atomic E-state index is 12.8. The van der Waals surface area contributed by atoms with Gasteiger partial charge in [-0.3, -0.25) is 4.79 Å². The van der Waals surface area contributed by atoms with E-state index in [2.05, 4.69) is 17.6 Å². The Kier molecular flexibility index (Phi) is 5.74. The Morgan fingerprint density at radius 1 is 1.23 bits per heavy atom. The van der Waals surface area contributed by atoms with Crippen LogP contribution in [0.4, 0.5) is 0 Å². The predicted molar refractivity (Wildman–Crippen MR) is 101 cm³/mol. The molecule has 146 valence electrons. The SMILES string of the molecule is Cn1cc(S(=O)(=O)N2CCCCC2)cc1C(=O)NCC1(C)CCNCC1. The van der Waals surface area contributed by atoms with Crippen molar-refractivity contribution in [1.29, 1.82) is 0 Å². The van der Waals surface area contributed by atoms with Gasteiger partial charge in [0.05, 0.1) is 0 Å². The van der Waals surface area contributed by atoms with Crippen LogP contribution in [0.5, 0.6) is 0 Å². The Morgan fingerprint density at radius 2 is 1.88 bits per heavy atom. The molecule has 2 saturated heterocycles. The summed E-state index contributed by atoms with van der Waals surface area (Å²) in [6, 6.07) is 1.50. The summed E-state index contributed by atoms with van der Waals surface area (Å²) < 4.78 is 28.8. The van der Waals surface area contributed by atoms with Crippen LogP contribution in [0.1, 0.15) is 49.5 Å². The number of sulfonamides is 1. The molecule has 1 aromatic rings. The highest BCUT2D eigenvalue weighted by Gasteiger charge is 2.30. The number of aromatic nitrogens is 1. The Hall–Kier alpha value is -1.38. The van der Waals surface area contributed by atoms with E-state index in [4.69, 9.17) is 0 Å². The summed E-state index contributed by atoms with van der Waals surface area (Å²) >= 11 is 0. The van der Waals surface area contributed by atoms with Crippen LogP contribution in [0.2, 0.25) is 0 Å². The molecule has 0 atom stereocenters. The van der Waals surface area contributed by atoms with E-state index in [1.54, 1.807) is 17.8 Å². The predicted octanol–water partition coefficient (Wildman–Crippen LogP) is 1.32. The van der Waals surface area contributed by atoms with E-state index in [1.807, 2.05) is 0 Å². The Morgan fingerprint density at radius 3 is 2.54 bits per heavy atom. The summed E-state index contributed by atoms with van der Waals surface area (Å²) in [6.45, 7) is 5.85. The molecule has 0 spiro atoms. The highest BCUT2D eigenvalue weighted by Crippen LogP contribution is 2.27. The summed E-state index contributed by atoms with van der Waals surface area (Å²) in [4.78, 5) is 12.8. The molecule has 0 saturated carbocycles. The van der Waals surface area contributed by atoms with Crippen LogP contribution in [0.25, 0.3) is 0 Å². The minimum Gasteiger partial charge on any atom is -0.350 e. The average molecular weight is 383 g/mol. The molecule has 0 aliphatic carbocycles. The van der Waals surface area contributed by atoms with E-state index in [0.717, 1.165) is 45.2 Å². The molecule has 1 amide bonds. The molecule has 3 rings (SSSR count). The highest BCUT2D eigenvalue weighted by molar-refractivity contribution is 7.89. The van der Waals surface area contributed by atoms with Crippen LogP contribution in [0.3, 0.4) is 0 Å². The first-order chi connectivity index (χ1) is 12.3. The lowest BCUT2D eigenvalue weighted by molar-refractivity contribution is 0.0914. The van der Waals surface area contributed by atoms with E-state index >= 15 is 0 Å². The Labute approximate surface area is 156 Å². The first-order valence-corrected chi connectivity index (χ1v) is 10.9. The minimum atomic E-state index is -3.52. The maximum atomic E-state index is 12.8. The fraction of sp³-hybridized carbons (Fsp3) is 0.722. The molecule has 0 aromatic carbocycles. The van der Waals surface area contributed by atoms with E-state index in [1.165, 1.54) is 10.4 Å². The van der Waals surface area contributed by atoms with Crippen molar-refractivity contribution in [3.8, 4) is 0 Å². The zero-order valence-corrected chi connectivity index (χ0v) is 16.6. The maximum Gasteiger partial charge on any atom is 0.267 e. The molecule has 0 unspecified atom stereocenters. The summed E-state index contributed by atoms with van der Waals surface area (Å²) in [6.07, 6.45) is 6.46. The number of amides is 1. The molecular weight excluding hydrogens is 352 g/mol. The quantitative estimate of drug-likeness (QED) is 0.805. The summed E-state index contributed by atoms with van der Waals surface area (Å²) in [5, 5.41) is 6.33. The molecular formula is C18H30N4O3S. The lowest BCUT2D eigenvalue weighted by atomic mass is 9.81. The van der Waals surface area contributed by atoms with Crippen molar-refractivity contribution < 1.29 is 13.2 Å². The lowest BCUT2D eigenvalue weighted by Gasteiger charge is -2.34. The first kappa shape index (κ1) is 19.4. The Bertz CT molecular complexity index is 744. The number of carbonyl (C=O) groups excluding carboxylic acids is 1. The fourth-order valence-electron chi connectivity index (χ4n) is 3.75. The van der Waals surface area contributed by atoms with Gasteiger partial charge in [-0.15, -0.1) is 0 Å². The van der Waals surface area contributed by atoms with Gasteiger partial charge in [0.2, 0.25) is 10.0 Å². The summed E-state index contributed by atoms with van der Waals surface area (Å²) in [5.74, 6) is -0.215. The van der Waals surface area contributed by atoms with E-state index in [0.29, 0.717) is 25.3 Å². The normalized spacial score (nSPS) is 21.5. The second-order valence-corrected chi connectivity index (χ2v) is 9.82. The van der Waals surface area contributed by atoms with Crippen molar-refractivity contribution in [2.75, 3.05) is 32.7 Å². The number of nitrogens with one attached hydrogen (secondary N) is 2. The van der Waals surface area contributed by atoms with Crippen LogP contribution in [-0.2, 0) is 17.1 Å². The van der Waals surface area contributed by atoms with Crippen molar-refractivity contribution in [2.24, 2.45) is 12.5 Å². The fourth-order valence-corrected chi connectivity index (χ4v) is 5.34. The van der Waals surface area contributed by atoms with Crippen molar-refractivity contribution in [3.05, 3.63) is 18.0 Å². The second-order valence-electron chi connectivity index (χ2n) is 7.88. The van der Waals surface area contributed by atoms with Crippen LogP contribution >= 0.6 is 0 Å². The van der Waals surface area contributed by atoms with Gasteiger partial charge >= 0.3 is 0 Å². The highest BCUT2D eigenvalue weighted by atomic mass is 32.2. The van der Waals surface area contributed by atoms with Crippen molar-refractivity contribution >= 4 is 15.9 Å².